The van der Waals surface area contributed by atoms with Gasteiger partial charge >= 0.3 is 0 Å². The summed E-state index contributed by atoms with van der Waals surface area (Å²) < 4.78 is 5.41. The second kappa shape index (κ2) is 5.92. The molecule has 0 fully saturated rings. The Morgan fingerprint density at radius 1 is 1.33 bits per heavy atom. The molecule has 1 aliphatic rings. The zero-order valence-corrected chi connectivity index (χ0v) is 12.5. The number of benzene rings is 1. The van der Waals surface area contributed by atoms with Crippen LogP contribution in [0.1, 0.15) is 17.0 Å². The highest BCUT2D eigenvalue weighted by atomic mass is 35.5. The number of amides is 1. The van der Waals surface area contributed by atoms with Crippen LogP contribution in [0.4, 0.5) is 0 Å². The molecule has 0 saturated carbocycles. The molecule has 2 aromatic rings. The van der Waals surface area contributed by atoms with Gasteiger partial charge in [0.25, 0.3) is 0 Å². The molecule has 0 bridgehead atoms. The number of fused-ring (bicyclic) bond motifs is 1. The summed E-state index contributed by atoms with van der Waals surface area (Å²) >= 11 is 12.0. The van der Waals surface area contributed by atoms with Crippen LogP contribution in [0.2, 0.25) is 10.0 Å². The highest BCUT2D eigenvalue weighted by Crippen LogP contribution is 2.31. The summed E-state index contributed by atoms with van der Waals surface area (Å²) in [5.41, 5.74) is 1.59. The van der Waals surface area contributed by atoms with Gasteiger partial charge in [0.05, 0.1) is 10.0 Å². The summed E-state index contributed by atoms with van der Waals surface area (Å²) in [5, 5.41) is 3.80. The first-order chi connectivity index (χ1) is 10.2. The van der Waals surface area contributed by atoms with E-state index in [1.54, 1.807) is 24.4 Å². The van der Waals surface area contributed by atoms with Gasteiger partial charge in [0.1, 0.15) is 12.5 Å². The Morgan fingerprint density at radius 2 is 2.19 bits per heavy atom. The van der Waals surface area contributed by atoms with Crippen LogP contribution in [-0.2, 0) is 11.3 Å². The average molecular weight is 323 g/mol. The van der Waals surface area contributed by atoms with Crippen LogP contribution in [-0.4, -0.2) is 17.5 Å². The molecular formula is C15H12Cl2N2O2. The minimum atomic E-state index is -0.341. The van der Waals surface area contributed by atoms with Crippen LogP contribution >= 0.6 is 23.2 Å². The van der Waals surface area contributed by atoms with E-state index in [0.29, 0.717) is 29.1 Å². The first-order valence-corrected chi connectivity index (χ1v) is 7.20. The largest absolute Gasteiger partial charge is 0.476 e. The Labute approximate surface area is 132 Å². The van der Waals surface area contributed by atoms with Gasteiger partial charge in [-0.15, -0.1) is 0 Å². The summed E-state index contributed by atoms with van der Waals surface area (Å²) in [5.74, 6) is 0.0721. The molecule has 3 rings (SSSR count). The third kappa shape index (κ3) is 2.82. The monoisotopic (exact) mass is 322 g/mol. The lowest BCUT2D eigenvalue weighted by Crippen LogP contribution is -2.29. The fourth-order valence-electron chi connectivity index (χ4n) is 2.25. The number of ether oxygens (including phenoxy) is 1. The molecule has 1 aromatic heterocycles. The minimum absolute atomic E-state index is 0.113. The van der Waals surface area contributed by atoms with Gasteiger partial charge in [0.2, 0.25) is 11.8 Å². The van der Waals surface area contributed by atoms with E-state index in [-0.39, 0.29) is 11.8 Å². The molecule has 1 aromatic carbocycles. The van der Waals surface area contributed by atoms with Gasteiger partial charge in [-0.05, 0) is 17.7 Å². The molecule has 0 radical (unpaired) electrons. The number of hydrogen-bond acceptors (Lipinski definition) is 3. The van der Waals surface area contributed by atoms with Crippen LogP contribution in [0.5, 0.6) is 5.88 Å². The number of pyridine rings is 1. The topological polar surface area (TPSA) is 51.2 Å². The third-order valence-electron chi connectivity index (χ3n) is 3.36. The van der Waals surface area contributed by atoms with E-state index in [1.807, 2.05) is 12.1 Å². The van der Waals surface area contributed by atoms with Gasteiger partial charge < -0.3 is 10.1 Å². The lowest BCUT2D eigenvalue weighted by atomic mass is 10.0. The van der Waals surface area contributed by atoms with Crippen molar-refractivity contribution in [3.63, 3.8) is 0 Å². The molecule has 1 atom stereocenters. The second-order valence-corrected chi connectivity index (χ2v) is 5.48. The molecule has 2 heterocycles. The van der Waals surface area contributed by atoms with Crippen molar-refractivity contribution >= 4 is 29.1 Å². The van der Waals surface area contributed by atoms with E-state index in [1.165, 1.54) is 0 Å². The summed E-state index contributed by atoms with van der Waals surface area (Å²) in [6.07, 6.45) is 1.64. The minimum Gasteiger partial charge on any atom is -0.476 e. The lowest BCUT2D eigenvalue weighted by Gasteiger charge is -2.11. The highest BCUT2D eigenvalue weighted by molar-refractivity contribution is 6.42. The van der Waals surface area contributed by atoms with Crippen molar-refractivity contribution in [3.05, 3.63) is 57.7 Å². The molecule has 1 amide bonds. The van der Waals surface area contributed by atoms with Crippen molar-refractivity contribution in [2.45, 2.75) is 12.5 Å². The van der Waals surface area contributed by atoms with E-state index in [4.69, 9.17) is 27.9 Å². The van der Waals surface area contributed by atoms with Crippen molar-refractivity contribution in [1.82, 2.24) is 10.3 Å². The van der Waals surface area contributed by atoms with Crippen LogP contribution in [0.15, 0.2) is 36.5 Å². The Morgan fingerprint density at radius 3 is 3.05 bits per heavy atom. The van der Waals surface area contributed by atoms with Gasteiger partial charge in [0, 0.05) is 18.3 Å². The molecule has 6 heteroatoms. The van der Waals surface area contributed by atoms with Crippen molar-refractivity contribution in [2.24, 2.45) is 0 Å². The lowest BCUT2D eigenvalue weighted by molar-refractivity contribution is -0.122. The Bertz CT molecular complexity index is 691. The van der Waals surface area contributed by atoms with Crippen molar-refractivity contribution in [3.8, 4) is 5.88 Å². The number of carbonyl (C=O) groups excluding carboxylic acids is 1. The van der Waals surface area contributed by atoms with E-state index in [2.05, 4.69) is 10.3 Å². The Hall–Kier alpha value is -1.78. The maximum absolute atomic E-state index is 12.3. The van der Waals surface area contributed by atoms with Crippen LogP contribution in [0.25, 0.3) is 0 Å². The number of nitrogens with zero attached hydrogens (tertiary/aromatic N) is 1. The number of rotatable bonds is 3. The normalized spacial score (nSPS) is 16.2. The predicted octanol–water partition coefficient (Wildman–Crippen LogP) is 3.18. The molecule has 21 heavy (non-hydrogen) atoms. The maximum atomic E-state index is 12.3. The summed E-state index contributed by atoms with van der Waals surface area (Å²) in [6.45, 7) is 0.631. The van der Waals surface area contributed by atoms with E-state index in [0.717, 1.165) is 11.1 Å². The first-order valence-electron chi connectivity index (χ1n) is 6.45. The Balaban J connectivity index is 1.69. The quantitative estimate of drug-likeness (QED) is 0.944. The van der Waals surface area contributed by atoms with Crippen molar-refractivity contribution < 1.29 is 9.53 Å². The smallest absolute Gasteiger partial charge is 0.231 e. The molecule has 0 aliphatic carbocycles. The van der Waals surface area contributed by atoms with Gasteiger partial charge in [-0.2, -0.15) is 0 Å². The van der Waals surface area contributed by atoms with Gasteiger partial charge in [-0.25, -0.2) is 4.98 Å². The van der Waals surface area contributed by atoms with Gasteiger partial charge in [-0.3, -0.25) is 4.79 Å². The molecule has 4 nitrogen and oxygen atoms in total. The zero-order chi connectivity index (χ0) is 14.8. The number of nitrogens with one attached hydrogen (secondary N) is 1. The number of carbonyl (C=O) groups is 1. The second-order valence-electron chi connectivity index (χ2n) is 4.69. The zero-order valence-electron chi connectivity index (χ0n) is 11.0. The number of halogens is 2. The first kappa shape index (κ1) is 14.2. The average Bonchev–Trinajstić information content (AvgIpc) is 2.92. The van der Waals surface area contributed by atoms with E-state index in [9.17, 15) is 4.79 Å². The molecule has 0 saturated heterocycles. The van der Waals surface area contributed by atoms with Gasteiger partial charge in [-0.1, -0.05) is 41.4 Å². The maximum Gasteiger partial charge on any atom is 0.231 e. The molecule has 0 spiro atoms. The van der Waals surface area contributed by atoms with Crippen LogP contribution < -0.4 is 10.1 Å². The fourth-order valence-corrected chi connectivity index (χ4v) is 2.64. The van der Waals surface area contributed by atoms with E-state index < -0.39 is 0 Å². The Kier molecular flexibility index (Phi) is 3.99. The SMILES string of the molecule is O=C(NCc1cccc(Cl)c1Cl)C1COc2ncccc21. The van der Waals surface area contributed by atoms with Crippen molar-refractivity contribution in [1.29, 1.82) is 0 Å². The standard InChI is InChI=1S/C15H12Cl2N2O2/c16-12-5-1-3-9(13(12)17)7-19-14(20)11-8-21-15-10(11)4-2-6-18-15/h1-6,11H,7-8H2,(H,19,20). The third-order valence-corrected chi connectivity index (χ3v) is 4.22. The summed E-state index contributed by atoms with van der Waals surface area (Å²) in [6, 6.07) is 8.98. The molecule has 1 aliphatic heterocycles. The summed E-state index contributed by atoms with van der Waals surface area (Å²) in [4.78, 5) is 16.4. The molecule has 108 valence electrons. The molecule has 1 unspecified atom stereocenters. The van der Waals surface area contributed by atoms with Crippen molar-refractivity contribution in [2.75, 3.05) is 6.61 Å². The van der Waals surface area contributed by atoms with Gasteiger partial charge in [0.15, 0.2) is 0 Å². The number of aromatic nitrogens is 1. The van der Waals surface area contributed by atoms with Crippen LogP contribution in [0.3, 0.4) is 0 Å². The molecule has 1 N–H and O–H groups in total. The highest BCUT2D eigenvalue weighted by Gasteiger charge is 2.30. The molecular weight excluding hydrogens is 311 g/mol. The number of hydrogen-bond donors (Lipinski definition) is 1. The van der Waals surface area contributed by atoms with Crippen LogP contribution in [0, 0.1) is 0 Å². The van der Waals surface area contributed by atoms with E-state index >= 15 is 0 Å². The predicted molar refractivity (Wildman–Crippen MR) is 80.8 cm³/mol. The fraction of sp³-hybridized carbons (Fsp3) is 0.200. The summed E-state index contributed by atoms with van der Waals surface area (Å²) in [7, 11) is 0.